The van der Waals surface area contributed by atoms with Crippen molar-refractivity contribution < 1.29 is 5.11 Å². The van der Waals surface area contributed by atoms with Gasteiger partial charge in [0.1, 0.15) is 0 Å². The van der Waals surface area contributed by atoms with Crippen LogP contribution in [-0.2, 0) is 0 Å². The summed E-state index contributed by atoms with van der Waals surface area (Å²) in [5.41, 5.74) is 3.17. The maximum Gasteiger partial charge on any atom is 0.0472 e. The second-order valence-electron chi connectivity index (χ2n) is 4.00. The first-order valence-electron chi connectivity index (χ1n) is 6.14. The van der Waals surface area contributed by atoms with Crippen molar-refractivity contribution in [1.29, 1.82) is 0 Å². The molecule has 1 aromatic heterocycles. The average molecular weight is 263 g/mol. The Labute approximate surface area is 113 Å². The molecule has 0 spiro atoms. The molecule has 0 aliphatic heterocycles. The van der Waals surface area contributed by atoms with E-state index in [1.54, 1.807) is 11.3 Å². The topological polar surface area (TPSA) is 32.3 Å². The van der Waals surface area contributed by atoms with E-state index in [2.05, 4.69) is 36.3 Å². The monoisotopic (exact) mass is 263 g/mol. The zero-order valence-corrected chi connectivity index (χ0v) is 11.9. The summed E-state index contributed by atoms with van der Waals surface area (Å²) >= 11 is 1.73. The van der Waals surface area contributed by atoms with E-state index in [0.29, 0.717) is 6.42 Å². The summed E-state index contributed by atoms with van der Waals surface area (Å²) in [6.07, 6.45) is 4.75. The Hall–Kier alpha value is -1.32. The molecule has 0 saturated carbocycles. The quantitative estimate of drug-likeness (QED) is 0.737. The van der Waals surface area contributed by atoms with E-state index < -0.39 is 0 Å². The summed E-state index contributed by atoms with van der Waals surface area (Å²) in [6, 6.07) is 4.16. The van der Waals surface area contributed by atoms with Gasteiger partial charge in [-0.3, -0.25) is 0 Å². The summed E-state index contributed by atoms with van der Waals surface area (Å²) in [5, 5.41) is 14.3. The average Bonchev–Trinajstić information content (AvgIpc) is 2.88. The molecule has 1 heterocycles. The van der Waals surface area contributed by atoms with Gasteiger partial charge >= 0.3 is 0 Å². The first-order chi connectivity index (χ1) is 8.69. The minimum absolute atomic E-state index is 0.141. The van der Waals surface area contributed by atoms with Crippen LogP contribution in [0.1, 0.15) is 25.1 Å². The number of allylic oxidation sites excluding steroid dienone is 4. The molecule has 0 fully saturated rings. The summed E-state index contributed by atoms with van der Waals surface area (Å²) in [5.74, 6) is 0. The van der Waals surface area contributed by atoms with Gasteiger partial charge in [0.25, 0.3) is 0 Å². The summed E-state index contributed by atoms with van der Waals surface area (Å²) in [7, 11) is 0. The zero-order valence-electron chi connectivity index (χ0n) is 11.1. The second-order valence-corrected chi connectivity index (χ2v) is 4.95. The van der Waals surface area contributed by atoms with Crippen LogP contribution in [0.4, 0.5) is 0 Å². The van der Waals surface area contributed by atoms with Crippen molar-refractivity contribution >= 4 is 16.9 Å². The van der Waals surface area contributed by atoms with Crippen LogP contribution in [0.5, 0.6) is 0 Å². The molecule has 1 rings (SSSR count). The number of hydrogen-bond acceptors (Lipinski definition) is 3. The minimum Gasteiger partial charge on any atom is -0.396 e. The van der Waals surface area contributed by atoms with Crippen molar-refractivity contribution in [2.45, 2.75) is 20.3 Å². The molecule has 0 atom stereocenters. The Bertz CT molecular complexity index is 429. The largest absolute Gasteiger partial charge is 0.396 e. The van der Waals surface area contributed by atoms with Gasteiger partial charge in [-0.05, 0) is 42.9 Å². The highest BCUT2D eigenvalue weighted by Gasteiger charge is 2.01. The first kappa shape index (κ1) is 14.7. The second kappa shape index (κ2) is 7.90. The van der Waals surface area contributed by atoms with E-state index in [4.69, 9.17) is 5.11 Å². The summed E-state index contributed by atoms with van der Waals surface area (Å²) in [4.78, 5) is 1.27. The minimum atomic E-state index is 0.141. The predicted molar refractivity (Wildman–Crippen MR) is 80.6 cm³/mol. The smallest absolute Gasteiger partial charge is 0.0472 e. The number of likely N-dealkylation sites (N-methyl/N-ethyl adjacent to an activating group) is 1. The van der Waals surface area contributed by atoms with E-state index >= 15 is 0 Å². The lowest BCUT2D eigenvalue weighted by atomic mass is 10.1. The molecule has 0 aromatic carbocycles. The number of rotatable bonds is 7. The van der Waals surface area contributed by atoms with Crippen LogP contribution in [0.25, 0.3) is 5.57 Å². The Morgan fingerprint density at radius 2 is 2.28 bits per heavy atom. The van der Waals surface area contributed by atoms with Gasteiger partial charge in [0.05, 0.1) is 0 Å². The fraction of sp³-hybridized carbons (Fsp3) is 0.333. The van der Waals surface area contributed by atoms with Crippen molar-refractivity contribution in [3.05, 3.63) is 52.4 Å². The first-order valence-corrected chi connectivity index (χ1v) is 7.02. The summed E-state index contributed by atoms with van der Waals surface area (Å²) < 4.78 is 0. The van der Waals surface area contributed by atoms with Crippen LogP contribution in [0.15, 0.2) is 47.5 Å². The third-order valence-corrected chi connectivity index (χ3v) is 3.61. The van der Waals surface area contributed by atoms with E-state index in [0.717, 1.165) is 17.8 Å². The van der Waals surface area contributed by atoms with Gasteiger partial charge in [0.2, 0.25) is 0 Å². The van der Waals surface area contributed by atoms with E-state index in [1.807, 2.05) is 19.1 Å². The fourth-order valence-electron chi connectivity index (χ4n) is 1.59. The summed E-state index contributed by atoms with van der Waals surface area (Å²) in [6.45, 7) is 9.10. The molecule has 0 aliphatic carbocycles. The van der Waals surface area contributed by atoms with Crippen molar-refractivity contribution in [2.24, 2.45) is 0 Å². The van der Waals surface area contributed by atoms with Crippen LogP contribution in [-0.4, -0.2) is 18.3 Å². The maximum atomic E-state index is 9.07. The van der Waals surface area contributed by atoms with Gasteiger partial charge in [0.15, 0.2) is 0 Å². The molecular formula is C15H21NOS. The van der Waals surface area contributed by atoms with Gasteiger partial charge in [-0.2, -0.15) is 0 Å². The molecule has 2 N–H and O–H groups in total. The van der Waals surface area contributed by atoms with Gasteiger partial charge in [-0.25, -0.2) is 0 Å². The van der Waals surface area contributed by atoms with Gasteiger partial charge in [-0.15, -0.1) is 11.3 Å². The number of aliphatic hydroxyl groups excluding tert-OH is 1. The van der Waals surface area contributed by atoms with Crippen LogP contribution < -0.4 is 5.32 Å². The standard InChI is InChI=1S/C15H21NOS/c1-4-16-13(3)14(9-10-17)8-7-12(2)15-6-5-11-18-15/h5-8,11,16-17H,3-4,9-10H2,1-2H3/b12-7+,14-8-. The Morgan fingerprint density at radius 3 is 2.83 bits per heavy atom. The molecule has 18 heavy (non-hydrogen) atoms. The van der Waals surface area contributed by atoms with Crippen LogP contribution in [0, 0.1) is 0 Å². The lowest BCUT2D eigenvalue weighted by Crippen LogP contribution is -2.13. The predicted octanol–water partition coefficient (Wildman–Crippen LogP) is 3.58. The lowest BCUT2D eigenvalue weighted by molar-refractivity contribution is 0.299. The van der Waals surface area contributed by atoms with Crippen molar-refractivity contribution in [3.8, 4) is 0 Å². The third-order valence-electron chi connectivity index (χ3n) is 2.60. The molecule has 98 valence electrons. The molecule has 0 unspecified atom stereocenters. The number of aliphatic hydroxyl groups is 1. The number of nitrogens with one attached hydrogen (secondary N) is 1. The molecule has 0 amide bonds. The maximum absolute atomic E-state index is 9.07. The zero-order chi connectivity index (χ0) is 13.4. The number of thiophene rings is 1. The lowest BCUT2D eigenvalue weighted by Gasteiger charge is -2.10. The SMILES string of the molecule is C=C(NCC)/C(=C\C=C(/C)c1cccs1)CCO. The third kappa shape index (κ3) is 4.51. The molecule has 0 bridgehead atoms. The number of hydrogen-bond donors (Lipinski definition) is 2. The van der Waals surface area contributed by atoms with Crippen molar-refractivity contribution in [3.63, 3.8) is 0 Å². The normalized spacial score (nSPS) is 12.6. The molecule has 0 radical (unpaired) electrons. The highest BCUT2D eigenvalue weighted by molar-refractivity contribution is 7.11. The fourth-order valence-corrected chi connectivity index (χ4v) is 2.31. The van der Waals surface area contributed by atoms with E-state index in [1.165, 1.54) is 10.5 Å². The van der Waals surface area contributed by atoms with Gasteiger partial charge in [0, 0.05) is 23.7 Å². The van der Waals surface area contributed by atoms with Crippen LogP contribution in [0.2, 0.25) is 0 Å². The molecule has 1 aromatic rings. The molecule has 0 aliphatic rings. The van der Waals surface area contributed by atoms with Crippen molar-refractivity contribution in [2.75, 3.05) is 13.2 Å². The van der Waals surface area contributed by atoms with E-state index in [9.17, 15) is 0 Å². The van der Waals surface area contributed by atoms with E-state index in [-0.39, 0.29) is 6.61 Å². The molecular weight excluding hydrogens is 242 g/mol. The van der Waals surface area contributed by atoms with Gasteiger partial charge in [-0.1, -0.05) is 24.8 Å². The van der Waals surface area contributed by atoms with Crippen LogP contribution >= 0.6 is 11.3 Å². The Morgan fingerprint density at radius 1 is 1.50 bits per heavy atom. The highest BCUT2D eigenvalue weighted by atomic mass is 32.1. The van der Waals surface area contributed by atoms with Crippen molar-refractivity contribution in [1.82, 2.24) is 5.32 Å². The molecule has 0 saturated heterocycles. The molecule has 3 heteroatoms. The van der Waals surface area contributed by atoms with Gasteiger partial charge < -0.3 is 10.4 Å². The Balaban J connectivity index is 2.82. The Kier molecular flexibility index (Phi) is 6.47. The molecule has 2 nitrogen and oxygen atoms in total. The van der Waals surface area contributed by atoms with Crippen LogP contribution in [0.3, 0.4) is 0 Å². The highest BCUT2D eigenvalue weighted by Crippen LogP contribution is 2.20.